The normalized spacial score (nSPS) is 12.2. The van der Waals surface area contributed by atoms with E-state index in [2.05, 4.69) is 326 Å². The molecule has 0 aliphatic heterocycles. The van der Waals surface area contributed by atoms with Crippen LogP contribution in [0.4, 0.5) is 0 Å². The summed E-state index contributed by atoms with van der Waals surface area (Å²) in [6, 6.07) is 117. The second-order valence-electron chi connectivity index (χ2n) is 30.4. The van der Waals surface area contributed by atoms with Gasteiger partial charge in [0.1, 0.15) is 33.5 Å². The number of aromatic nitrogens is 6. The molecular weight excluding hydrogens is 1470 g/mol. The summed E-state index contributed by atoms with van der Waals surface area (Å²) in [5.41, 5.74) is 28.6. The van der Waals surface area contributed by atoms with Crippen LogP contribution < -0.4 is 0 Å². The largest absolute Gasteiger partial charge is 0.456 e. The van der Waals surface area contributed by atoms with Gasteiger partial charge in [0.25, 0.3) is 0 Å². The Hall–Kier alpha value is -15.0. The topological polar surface area (TPSA) is 92.9 Å². The van der Waals surface area contributed by atoms with E-state index in [0.717, 1.165) is 128 Å². The molecule has 0 radical (unpaired) electrons. The fourth-order valence-corrected chi connectivity index (χ4v) is 21.5. The van der Waals surface area contributed by atoms with Gasteiger partial charge in [-0.15, -0.1) is 22.7 Å². The molecule has 9 nitrogen and oxygen atoms in total. The molecular formula is C106H62N6O3S2. The van der Waals surface area contributed by atoms with Gasteiger partial charge in [0.15, 0.2) is 0 Å². The van der Waals surface area contributed by atoms with Crippen LogP contribution in [0.15, 0.2) is 378 Å². The molecule has 0 atom stereocenters. The van der Waals surface area contributed by atoms with Crippen molar-refractivity contribution in [2.24, 2.45) is 0 Å². The number of hydrogen-bond donors (Lipinski definition) is 0. The van der Waals surface area contributed by atoms with Crippen LogP contribution in [-0.4, -0.2) is 28.7 Å². The molecule has 11 aromatic heterocycles. The van der Waals surface area contributed by atoms with Gasteiger partial charge in [-0.05, 0) is 214 Å². The predicted molar refractivity (Wildman–Crippen MR) is 488 cm³/mol. The fraction of sp³-hybridized carbons (Fsp3) is 0.00943. The van der Waals surface area contributed by atoms with E-state index in [1.807, 2.05) is 90.2 Å². The minimum atomic E-state index is 0.842. The van der Waals surface area contributed by atoms with Crippen LogP contribution in [0.5, 0.6) is 0 Å². The Kier molecular flexibility index (Phi) is 14.4. The molecule has 0 N–H and O–H groups in total. The third-order valence-electron chi connectivity index (χ3n) is 24.1. The Morgan fingerprint density at radius 1 is 0.239 bits per heavy atom. The predicted octanol–water partition coefficient (Wildman–Crippen LogP) is 29.5. The summed E-state index contributed by atoms with van der Waals surface area (Å²) in [5, 5.41) is 19.1. The number of thiophene rings is 2. The number of rotatable bonds is 6. The third kappa shape index (κ3) is 9.97. The van der Waals surface area contributed by atoms with Gasteiger partial charge in [-0.2, -0.15) is 0 Å². The van der Waals surface area contributed by atoms with Crippen molar-refractivity contribution in [2.45, 2.75) is 6.42 Å². The highest BCUT2D eigenvalue weighted by Gasteiger charge is 2.28. The standard InChI is InChI=1S/C36H22N2S.C35H20N2O2.C35H20N2OS/c1-2-9-27-24(6-1)20-25-12-13-28-29-14-15-32-34(36(29)39-35(28)33(25)27)30-10-3-4-11-31(30)38(32)26-8-5-7-23(21-26)22-16-18-37-19-17-22;1-3-10-28-26(8-1)32-29(37(28)23-7-5-6-22(20-23)21-16-18-36-19-17-21)14-12-24-25-13-15-31-33(35(25)39-34(24)32)27-9-2-4-11-30(27)38-31;1-3-10-28-26(8-1)32-29(37(28)23-7-5-6-22(20-23)21-16-18-36-19-17-21)14-12-24-25-13-15-31-33(35(25)38-34(24)32)27-9-2-4-11-30(27)39-31/h1-19,21H,20H2;2*1-20H. The Labute approximate surface area is 675 Å². The summed E-state index contributed by atoms with van der Waals surface area (Å²) in [5.74, 6) is 0. The van der Waals surface area contributed by atoms with Crippen molar-refractivity contribution in [1.29, 1.82) is 0 Å². The van der Waals surface area contributed by atoms with Crippen molar-refractivity contribution in [2.75, 3.05) is 0 Å². The smallest absolute Gasteiger partial charge is 0.147 e. The van der Waals surface area contributed by atoms with E-state index in [4.69, 9.17) is 13.3 Å². The summed E-state index contributed by atoms with van der Waals surface area (Å²) in [6.45, 7) is 0. The van der Waals surface area contributed by atoms with Crippen LogP contribution in [0.2, 0.25) is 0 Å². The van der Waals surface area contributed by atoms with E-state index in [1.165, 1.54) is 123 Å². The lowest BCUT2D eigenvalue weighted by molar-refractivity contribution is 0.664. The summed E-state index contributed by atoms with van der Waals surface area (Å²) >= 11 is 3.79. The molecule has 546 valence electrons. The molecule has 27 rings (SSSR count). The minimum Gasteiger partial charge on any atom is -0.456 e. The van der Waals surface area contributed by atoms with Crippen molar-refractivity contribution >= 4 is 194 Å². The van der Waals surface area contributed by atoms with Crippen molar-refractivity contribution in [3.8, 4) is 61.6 Å². The number of fused-ring (bicyclic) bond motifs is 33. The van der Waals surface area contributed by atoms with Gasteiger partial charge in [0, 0.05) is 149 Å². The number of hydrogen-bond acceptors (Lipinski definition) is 8. The summed E-state index contributed by atoms with van der Waals surface area (Å²) in [7, 11) is 0. The first kappa shape index (κ1) is 65.5. The molecule has 11 heteroatoms. The first-order valence-corrected chi connectivity index (χ1v) is 41.1. The molecule has 0 saturated carbocycles. The zero-order valence-electron chi connectivity index (χ0n) is 62.6. The van der Waals surface area contributed by atoms with Crippen LogP contribution in [0.25, 0.3) is 233 Å². The van der Waals surface area contributed by atoms with Gasteiger partial charge >= 0.3 is 0 Å². The second-order valence-corrected chi connectivity index (χ2v) is 32.5. The van der Waals surface area contributed by atoms with Crippen LogP contribution >= 0.6 is 22.7 Å². The maximum absolute atomic E-state index is 6.88. The number of para-hydroxylation sites is 4. The molecule has 0 saturated heterocycles. The Bertz CT molecular complexity index is 8290. The van der Waals surface area contributed by atoms with E-state index >= 15 is 0 Å². The van der Waals surface area contributed by atoms with Crippen molar-refractivity contribution in [1.82, 2.24) is 28.7 Å². The highest BCUT2D eigenvalue weighted by Crippen LogP contribution is 2.52. The second kappa shape index (κ2) is 25.8. The lowest BCUT2D eigenvalue weighted by atomic mass is 10.0. The molecule has 15 aromatic carbocycles. The molecule has 0 bridgehead atoms. The molecule has 0 amide bonds. The van der Waals surface area contributed by atoms with Crippen LogP contribution in [-0.2, 0) is 6.42 Å². The van der Waals surface area contributed by atoms with E-state index in [9.17, 15) is 0 Å². The summed E-state index contributed by atoms with van der Waals surface area (Å²) in [6.07, 6.45) is 12.1. The molecule has 1 aliphatic rings. The lowest BCUT2D eigenvalue weighted by Crippen LogP contribution is -1.94. The highest BCUT2D eigenvalue weighted by molar-refractivity contribution is 7.27. The number of benzene rings is 15. The Balaban J connectivity index is 0.0000000980. The SMILES string of the molecule is c1cc(-c2ccncc2)cc(-n2c3ccccc3c3c4oc5c(ccc6oc7ccccc7c65)c4ccc32)c1.c1cc(-c2ccncc2)cc(-n2c3ccccc3c3c4oc5c(ccc6sc7ccccc7c65)c4ccc32)c1.c1cc(-c2ccncc2)cc(-n2c3ccccc3c3c4sc5c6c(ccc5c4ccc32)Cc2ccccc2-6)c1. The molecule has 0 spiro atoms. The molecule has 1 aliphatic carbocycles. The number of nitrogens with zero attached hydrogens (tertiary/aromatic N) is 6. The van der Waals surface area contributed by atoms with Crippen LogP contribution in [0, 0.1) is 0 Å². The zero-order chi connectivity index (χ0) is 76.5. The Morgan fingerprint density at radius 3 is 1.23 bits per heavy atom. The van der Waals surface area contributed by atoms with E-state index in [0.29, 0.717) is 0 Å². The average molecular weight is 1530 g/mol. The molecule has 26 aromatic rings. The average Bonchev–Trinajstić information content (AvgIpc) is 1.56. The third-order valence-corrected chi connectivity index (χ3v) is 26.5. The van der Waals surface area contributed by atoms with Gasteiger partial charge in [0.05, 0.1) is 49.3 Å². The van der Waals surface area contributed by atoms with Gasteiger partial charge in [-0.1, -0.05) is 170 Å². The summed E-state index contributed by atoms with van der Waals surface area (Å²) in [4.78, 5) is 12.6. The zero-order valence-corrected chi connectivity index (χ0v) is 64.2. The van der Waals surface area contributed by atoms with Crippen molar-refractivity contribution in [3.63, 3.8) is 0 Å². The molecule has 11 heterocycles. The van der Waals surface area contributed by atoms with Gasteiger partial charge in [-0.3, -0.25) is 15.0 Å². The van der Waals surface area contributed by atoms with Gasteiger partial charge in [-0.25, -0.2) is 0 Å². The van der Waals surface area contributed by atoms with E-state index in [-0.39, 0.29) is 0 Å². The van der Waals surface area contributed by atoms with Crippen LogP contribution in [0.1, 0.15) is 11.1 Å². The monoisotopic (exact) mass is 1530 g/mol. The summed E-state index contributed by atoms with van der Waals surface area (Å²) < 4.78 is 32.3. The first-order chi connectivity index (χ1) is 58.0. The molecule has 0 unspecified atom stereocenters. The van der Waals surface area contributed by atoms with Gasteiger partial charge < -0.3 is 27.0 Å². The highest BCUT2D eigenvalue weighted by atomic mass is 32.1. The first-order valence-electron chi connectivity index (χ1n) is 39.4. The molecule has 0 fully saturated rings. The molecule has 117 heavy (non-hydrogen) atoms. The number of furan rings is 3. The maximum atomic E-state index is 6.88. The van der Waals surface area contributed by atoms with Crippen LogP contribution in [0.3, 0.4) is 0 Å². The fourth-order valence-electron chi connectivity index (χ4n) is 19.0. The van der Waals surface area contributed by atoms with Crippen molar-refractivity contribution < 1.29 is 13.3 Å². The quantitative estimate of drug-likeness (QED) is 0.165. The minimum absolute atomic E-state index is 0.842. The Morgan fingerprint density at radius 2 is 0.667 bits per heavy atom. The van der Waals surface area contributed by atoms with E-state index in [1.54, 1.807) is 0 Å². The van der Waals surface area contributed by atoms with Crippen molar-refractivity contribution in [3.05, 3.63) is 376 Å². The lowest BCUT2D eigenvalue weighted by Gasteiger charge is -2.10. The van der Waals surface area contributed by atoms with Gasteiger partial charge in [0.2, 0.25) is 0 Å². The maximum Gasteiger partial charge on any atom is 0.147 e. The number of pyridine rings is 3. The van der Waals surface area contributed by atoms with E-state index < -0.39 is 0 Å².